The van der Waals surface area contributed by atoms with Crippen LogP contribution in [0.3, 0.4) is 0 Å². The Kier molecular flexibility index (Phi) is 3.98. The number of nitrogens with one attached hydrogen (secondary N) is 1. The number of benzene rings is 1. The highest BCUT2D eigenvalue weighted by Gasteiger charge is 2.22. The van der Waals surface area contributed by atoms with Gasteiger partial charge >= 0.3 is 0 Å². The van der Waals surface area contributed by atoms with Gasteiger partial charge in [-0.05, 0) is 53.0 Å². The first kappa shape index (κ1) is 12.1. The summed E-state index contributed by atoms with van der Waals surface area (Å²) in [5.74, 6) is 0.649. The van der Waals surface area contributed by atoms with Gasteiger partial charge in [0.1, 0.15) is 5.82 Å². The summed E-state index contributed by atoms with van der Waals surface area (Å²) in [4.78, 5) is 0. The number of hydrogen-bond donors (Lipinski definition) is 1. The van der Waals surface area contributed by atoms with E-state index in [0.717, 1.165) is 17.9 Å². The minimum atomic E-state index is -0.175. The molecule has 3 heteroatoms. The van der Waals surface area contributed by atoms with Crippen molar-refractivity contribution in [3.05, 3.63) is 34.1 Å². The molecule has 0 bridgehead atoms. The third-order valence-corrected chi connectivity index (χ3v) is 4.13. The molecule has 0 heterocycles. The van der Waals surface area contributed by atoms with Gasteiger partial charge in [-0.2, -0.15) is 0 Å². The molecule has 16 heavy (non-hydrogen) atoms. The van der Waals surface area contributed by atoms with Gasteiger partial charge in [-0.15, -0.1) is 0 Å². The zero-order valence-electron chi connectivity index (χ0n) is 9.47. The van der Waals surface area contributed by atoms with E-state index in [2.05, 4.69) is 21.2 Å². The second-order valence-corrected chi connectivity index (χ2v) is 5.40. The Bertz CT molecular complexity index is 363. The van der Waals surface area contributed by atoms with Crippen LogP contribution in [0.5, 0.6) is 0 Å². The van der Waals surface area contributed by atoms with Gasteiger partial charge < -0.3 is 5.32 Å². The summed E-state index contributed by atoms with van der Waals surface area (Å²) in [7, 11) is 1.95. The van der Waals surface area contributed by atoms with Crippen LogP contribution in [-0.2, 0) is 0 Å². The maximum Gasteiger partial charge on any atom is 0.137 e. The molecular weight excluding hydrogens is 269 g/mol. The van der Waals surface area contributed by atoms with Gasteiger partial charge in [0.25, 0.3) is 0 Å². The molecular formula is C13H17BrFN. The molecule has 0 radical (unpaired) electrons. The summed E-state index contributed by atoms with van der Waals surface area (Å²) in [5, 5.41) is 3.28. The van der Waals surface area contributed by atoms with Crippen LogP contribution >= 0.6 is 15.9 Å². The van der Waals surface area contributed by atoms with Crippen LogP contribution in [0.25, 0.3) is 0 Å². The van der Waals surface area contributed by atoms with Crippen LogP contribution in [0.1, 0.15) is 37.3 Å². The highest BCUT2D eigenvalue weighted by molar-refractivity contribution is 9.10. The van der Waals surface area contributed by atoms with E-state index in [-0.39, 0.29) is 11.9 Å². The third kappa shape index (κ3) is 2.64. The molecule has 0 aliphatic heterocycles. The maximum atomic E-state index is 13.4. The molecule has 1 aliphatic rings. The van der Waals surface area contributed by atoms with Crippen LogP contribution in [0, 0.1) is 11.7 Å². The first-order valence-electron chi connectivity index (χ1n) is 5.83. The Labute approximate surface area is 105 Å². The fraction of sp³-hybridized carbons (Fsp3) is 0.538. The Morgan fingerprint density at radius 3 is 2.75 bits per heavy atom. The average molecular weight is 286 g/mol. The third-order valence-electron chi connectivity index (χ3n) is 3.49. The Morgan fingerprint density at radius 1 is 1.50 bits per heavy atom. The molecule has 1 fully saturated rings. The zero-order valence-corrected chi connectivity index (χ0v) is 11.1. The molecule has 1 aliphatic carbocycles. The van der Waals surface area contributed by atoms with E-state index in [1.165, 1.54) is 19.3 Å². The van der Waals surface area contributed by atoms with Gasteiger partial charge in [-0.25, -0.2) is 4.39 Å². The van der Waals surface area contributed by atoms with Crippen molar-refractivity contribution in [3.63, 3.8) is 0 Å². The highest BCUT2D eigenvalue weighted by atomic mass is 79.9. The Morgan fingerprint density at radius 2 is 2.25 bits per heavy atom. The van der Waals surface area contributed by atoms with Crippen molar-refractivity contribution in [1.29, 1.82) is 0 Å². The predicted molar refractivity (Wildman–Crippen MR) is 67.9 cm³/mol. The summed E-state index contributed by atoms with van der Waals surface area (Å²) >= 11 is 3.18. The molecule has 0 amide bonds. The molecule has 2 rings (SSSR count). The van der Waals surface area contributed by atoms with E-state index in [1.807, 2.05) is 13.1 Å². The van der Waals surface area contributed by atoms with Gasteiger partial charge in [0.05, 0.1) is 4.47 Å². The molecule has 1 aromatic carbocycles. The monoisotopic (exact) mass is 285 g/mol. The molecule has 0 spiro atoms. The quantitative estimate of drug-likeness (QED) is 0.881. The number of halogens is 2. The van der Waals surface area contributed by atoms with Crippen LogP contribution in [0.15, 0.2) is 22.7 Å². The summed E-state index contributed by atoms with van der Waals surface area (Å²) in [6.45, 7) is 0. The summed E-state index contributed by atoms with van der Waals surface area (Å²) in [6.07, 6.45) is 5.14. The van der Waals surface area contributed by atoms with E-state index in [0.29, 0.717) is 4.47 Å². The molecule has 1 nitrogen and oxygen atoms in total. The number of hydrogen-bond acceptors (Lipinski definition) is 1. The standard InChI is InChI=1S/C13H17BrFN/c1-16-13(7-9-3-2-4-9)10-5-6-11(14)12(15)8-10/h5-6,8-9,13,16H,2-4,7H2,1H3. The van der Waals surface area contributed by atoms with Crippen LogP contribution in [0.4, 0.5) is 4.39 Å². The molecule has 88 valence electrons. The fourth-order valence-corrected chi connectivity index (χ4v) is 2.46. The minimum Gasteiger partial charge on any atom is -0.313 e. The van der Waals surface area contributed by atoms with Crippen molar-refractivity contribution in [3.8, 4) is 0 Å². The normalized spacial score (nSPS) is 18.2. The zero-order chi connectivity index (χ0) is 11.5. The maximum absolute atomic E-state index is 13.4. The second kappa shape index (κ2) is 5.28. The second-order valence-electron chi connectivity index (χ2n) is 4.55. The van der Waals surface area contributed by atoms with Crippen LogP contribution in [0.2, 0.25) is 0 Å². The van der Waals surface area contributed by atoms with Gasteiger partial charge in [-0.3, -0.25) is 0 Å². The smallest absolute Gasteiger partial charge is 0.137 e. The minimum absolute atomic E-state index is 0.175. The predicted octanol–water partition coefficient (Wildman–Crippen LogP) is 4.04. The molecule has 1 aromatic rings. The van der Waals surface area contributed by atoms with E-state index in [1.54, 1.807) is 12.1 Å². The van der Waals surface area contributed by atoms with Crippen molar-refractivity contribution in [1.82, 2.24) is 5.32 Å². The van der Waals surface area contributed by atoms with Crippen LogP contribution in [-0.4, -0.2) is 7.05 Å². The number of rotatable bonds is 4. The highest BCUT2D eigenvalue weighted by Crippen LogP contribution is 2.35. The summed E-state index contributed by atoms with van der Waals surface area (Å²) in [6, 6.07) is 5.69. The van der Waals surface area contributed by atoms with Crippen LogP contribution < -0.4 is 5.32 Å². The van der Waals surface area contributed by atoms with Gasteiger partial charge in [0.15, 0.2) is 0 Å². The lowest BCUT2D eigenvalue weighted by molar-refractivity contribution is 0.265. The molecule has 0 saturated heterocycles. The SMILES string of the molecule is CNC(CC1CCC1)c1ccc(Br)c(F)c1. The Hall–Kier alpha value is -0.410. The molecule has 1 atom stereocenters. The fourth-order valence-electron chi connectivity index (χ4n) is 2.21. The lowest BCUT2D eigenvalue weighted by Gasteiger charge is -2.29. The molecule has 1 saturated carbocycles. The van der Waals surface area contributed by atoms with Gasteiger partial charge in [0, 0.05) is 6.04 Å². The summed E-state index contributed by atoms with van der Waals surface area (Å²) in [5.41, 5.74) is 1.05. The van der Waals surface area contributed by atoms with Crippen molar-refractivity contribution >= 4 is 15.9 Å². The lowest BCUT2D eigenvalue weighted by atomic mass is 9.79. The molecule has 0 aromatic heterocycles. The Balaban J connectivity index is 2.09. The van der Waals surface area contributed by atoms with Crippen molar-refractivity contribution in [2.45, 2.75) is 31.7 Å². The van der Waals surface area contributed by atoms with Crippen molar-refractivity contribution in [2.75, 3.05) is 7.05 Å². The largest absolute Gasteiger partial charge is 0.313 e. The van der Waals surface area contributed by atoms with Crippen molar-refractivity contribution in [2.24, 2.45) is 5.92 Å². The van der Waals surface area contributed by atoms with E-state index >= 15 is 0 Å². The van der Waals surface area contributed by atoms with Crippen molar-refractivity contribution < 1.29 is 4.39 Å². The van der Waals surface area contributed by atoms with Gasteiger partial charge in [0.2, 0.25) is 0 Å². The van der Waals surface area contributed by atoms with E-state index in [9.17, 15) is 4.39 Å². The van der Waals surface area contributed by atoms with Gasteiger partial charge in [-0.1, -0.05) is 25.3 Å². The lowest BCUT2D eigenvalue weighted by Crippen LogP contribution is -2.23. The molecule has 1 N–H and O–H groups in total. The average Bonchev–Trinajstić information content (AvgIpc) is 2.21. The van der Waals surface area contributed by atoms with E-state index in [4.69, 9.17) is 0 Å². The molecule has 1 unspecified atom stereocenters. The van der Waals surface area contributed by atoms with E-state index < -0.39 is 0 Å². The topological polar surface area (TPSA) is 12.0 Å². The first-order valence-corrected chi connectivity index (χ1v) is 6.62. The first-order chi connectivity index (χ1) is 7.70. The summed E-state index contributed by atoms with van der Waals surface area (Å²) < 4.78 is 14.0.